The molecule has 1 fully saturated rings. The highest BCUT2D eigenvalue weighted by Gasteiger charge is 2.50. The van der Waals surface area contributed by atoms with Gasteiger partial charge in [-0.05, 0) is 19.4 Å². The Bertz CT molecular complexity index is 679. The van der Waals surface area contributed by atoms with Crippen molar-refractivity contribution in [2.45, 2.75) is 37.7 Å². The van der Waals surface area contributed by atoms with Crippen LogP contribution >= 0.6 is 11.8 Å². The van der Waals surface area contributed by atoms with Crippen LogP contribution in [0, 0.1) is 0 Å². The van der Waals surface area contributed by atoms with Gasteiger partial charge in [-0.25, -0.2) is 0 Å². The first-order chi connectivity index (χ1) is 11.5. The Morgan fingerprint density at radius 3 is 2.79 bits per heavy atom. The number of hydrogen-bond acceptors (Lipinski definition) is 5. The van der Waals surface area contributed by atoms with Crippen molar-refractivity contribution >= 4 is 23.6 Å². The predicted molar refractivity (Wildman–Crippen MR) is 92.6 cm³/mol. The van der Waals surface area contributed by atoms with Crippen LogP contribution in [-0.2, 0) is 4.79 Å². The van der Waals surface area contributed by atoms with Crippen LogP contribution in [0.25, 0.3) is 0 Å². The Morgan fingerprint density at radius 2 is 2.17 bits per heavy atom. The first-order valence-corrected chi connectivity index (χ1v) is 9.07. The molecule has 0 bridgehead atoms. The minimum Gasteiger partial charge on any atom is -0.493 e. The highest BCUT2D eigenvalue weighted by atomic mass is 32.2. The summed E-state index contributed by atoms with van der Waals surface area (Å²) < 4.78 is 10.7. The Kier molecular flexibility index (Phi) is 4.62. The van der Waals surface area contributed by atoms with E-state index in [2.05, 4.69) is 5.32 Å². The summed E-state index contributed by atoms with van der Waals surface area (Å²) in [4.78, 5) is 27.2. The van der Waals surface area contributed by atoms with Crippen molar-refractivity contribution in [1.82, 2.24) is 10.2 Å². The molecule has 6 nitrogen and oxygen atoms in total. The second kappa shape index (κ2) is 6.55. The number of ether oxygens (including phenoxy) is 2. The summed E-state index contributed by atoms with van der Waals surface area (Å²) in [5, 5.41) is 2.84. The molecule has 1 saturated heterocycles. The monoisotopic (exact) mass is 350 g/mol. The van der Waals surface area contributed by atoms with Crippen molar-refractivity contribution in [2.75, 3.05) is 20.0 Å². The average molecular weight is 350 g/mol. The molecule has 3 rings (SSSR count). The summed E-state index contributed by atoms with van der Waals surface area (Å²) in [6, 6.07) is 3.34. The lowest BCUT2D eigenvalue weighted by Crippen LogP contribution is -2.48. The minimum atomic E-state index is -0.454. The molecule has 3 atom stereocenters. The number of benzene rings is 1. The van der Waals surface area contributed by atoms with Crippen molar-refractivity contribution in [1.29, 1.82) is 0 Å². The molecule has 0 unspecified atom stereocenters. The number of amides is 2. The minimum absolute atomic E-state index is 0.0913. The number of nitrogens with zero attached hydrogens (tertiary/aromatic N) is 1. The number of methoxy groups -OCH3 is 2. The third kappa shape index (κ3) is 2.51. The summed E-state index contributed by atoms with van der Waals surface area (Å²) in [7, 11) is 3.07. The van der Waals surface area contributed by atoms with Crippen molar-refractivity contribution < 1.29 is 19.1 Å². The molecule has 2 aliphatic heterocycles. The second-order valence-electron chi connectivity index (χ2n) is 6.00. The van der Waals surface area contributed by atoms with E-state index in [9.17, 15) is 9.59 Å². The van der Waals surface area contributed by atoms with E-state index in [-0.39, 0.29) is 23.2 Å². The van der Waals surface area contributed by atoms with Gasteiger partial charge in [-0.3, -0.25) is 9.59 Å². The van der Waals surface area contributed by atoms with Crippen LogP contribution in [0.15, 0.2) is 12.1 Å². The standard InChI is InChI=1S/C17H22N2O4S/c1-5-9(2)18-15(20)11-8-24-17-10-6-7-12(22-3)14(23-4)13(10)16(21)19(11)17/h6-7,9,11,17H,5,8H2,1-4H3,(H,18,20)/t9-,11+,17-/m0/s1. The number of nitrogens with one attached hydrogen (secondary N) is 1. The quantitative estimate of drug-likeness (QED) is 0.882. The van der Waals surface area contributed by atoms with Gasteiger partial charge in [0.1, 0.15) is 11.4 Å². The fraction of sp³-hybridized carbons (Fsp3) is 0.529. The SMILES string of the molecule is CC[C@H](C)NC(=O)[C@H]1CS[C@H]2c3ccc(OC)c(OC)c3C(=O)N12. The molecule has 2 aliphatic rings. The molecule has 1 aromatic carbocycles. The summed E-state index contributed by atoms with van der Waals surface area (Å²) in [5.41, 5.74) is 1.40. The summed E-state index contributed by atoms with van der Waals surface area (Å²) in [6.45, 7) is 3.98. The first kappa shape index (κ1) is 17.0. The number of carbonyl (C=O) groups is 2. The zero-order chi connectivity index (χ0) is 17.4. The van der Waals surface area contributed by atoms with Crippen LogP contribution in [0.1, 0.15) is 41.6 Å². The topological polar surface area (TPSA) is 67.9 Å². The van der Waals surface area contributed by atoms with E-state index >= 15 is 0 Å². The van der Waals surface area contributed by atoms with E-state index in [0.29, 0.717) is 22.8 Å². The van der Waals surface area contributed by atoms with Gasteiger partial charge in [0.25, 0.3) is 5.91 Å². The third-order valence-corrected chi connectivity index (χ3v) is 5.90. The van der Waals surface area contributed by atoms with Crippen LogP contribution < -0.4 is 14.8 Å². The molecule has 2 amide bonds. The molecule has 7 heteroatoms. The molecular formula is C17H22N2O4S. The third-order valence-electron chi connectivity index (χ3n) is 4.60. The predicted octanol–water partition coefficient (Wildman–Crippen LogP) is 2.19. The maximum Gasteiger partial charge on any atom is 0.260 e. The van der Waals surface area contributed by atoms with E-state index in [0.717, 1.165) is 12.0 Å². The second-order valence-corrected chi connectivity index (χ2v) is 7.11. The van der Waals surface area contributed by atoms with Gasteiger partial charge in [0.2, 0.25) is 5.91 Å². The molecule has 0 saturated carbocycles. The van der Waals surface area contributed by atoms with Gasteiger partial charge in [-0.15, -0.1) is 11.8 Å². The van der Waals surface area contributed by atoms with Crippen molar-refractivity contribution in [3.8, 4) is 11.5 Å². The van der Waals surface area contributed by atoms with Crippen LogP contribution in [0.2, 0.25) is 0 Å². The van der Waals surface area contributed by atoms with E-state index in [1.807, 2.05) is 26.0 Å². The molecule has 0 aliphatic carbocycles. The van der Waals surface area contributed by atoms with Gasteiger partial charge in [-0.1, -0.05) is 13.0 Å². The van der Waals surface area contributed by atoms with Gasteiger partial charge in [0.15, 0.2) is 11.5 Å². The normalized spacial score (nSPS) is 22.8. The highest BCUT2D eigenvalue weighted by molar-refractivity contribution is 7.99. The molecular weight excluding hydrogens is 328 g/mol. The van der Waals surface area contributed by atoms with Crippen molar-refractivity contribution in [2.24, 2.45) is 0 Å². The Hall–Kier alpha value is -1.89. The van der Waals surface area contributed by atoms with E-state index in [4.69, 9.17) is 9.47 Å². The fourth-order valence-electron chi connectivity index (χ4n) is 3.13. The maximum absolute atomic E-state index is 13.0. The maximum atomic E-state index is 13.0. The Morgan fingerprint density at radius 1 is 1.42 bits per heavy atom. The first-order valence-electron chi connectivity index (χ1n) is 8.03. The number of carbonyl (C=O) groups excluding carboxylic acids is 2. The number of hydrogen-bond donors (Lipinski definition) is 1. The number of fused-ring (bicyclic) bond motifs is 3. The molecule has 1 aromatic rings. The molecule has 2 heterocycles. The zero-order valence-corrected chi connectivity index (χ0v) is 15.1. The summed E-state index contributed by atoms with van der Waals surface area (Å²) >= 11 is 1.61. The highest BCUT2D eigenvalue weighted by Crippen LogP contribution is 2.52. The number of rotatable bonds is 5. The fourth-order valence-corrected chi connectivity index (χ4v) is 4.59. The number of thioether (sulfide) groups is 1. The largest absolute Gasteiger partial charge is 0.493 e. The van der Waals surface area contributed by atoms with Crippen LogP contribution in [0.5, 0.6) is 11.5 Å². The van der Waals surface area contributed by atoms with Gasteiger partial charge >= 0.3 is 0 Å². The Labute approximate surface area is 145 Å². The molecule has 24 heavy (non-hydrogen) atoms. The molecule has 1 N–H and O–H groups in total. The van der Waals surface area contributed by atoms with E-state index < -0.39 is 6.04 Å². The smallest absolute Gasteiger partial charge is 0.260 e. The van der Waals surface area contributed by atoms with Crippen LogP contribution in [0.3, 0.4) is 0 Å². The van der Waals surface area contributed by atoms with Crippen molar-refractivity contribution in [3.63, 3.8) is 0 Å². The van der Waals surface area contributed by atoms with Crippen molar-refractivity contribution in [3.05, 3.63) is 23.3 Å². The van der Waals surface area contributed by atoms with Gasteiger partial charge in [0.05, 0.1) is 19.8 Å². The van der Waals surface area contributed by atoms with Crippen LogP contribution in [-0.4, -0.2) is 48.8 Å². The lowest BCUT2D eigenvalue weighted by Gasteiger charge is -2.24. The zero-order valence-electron chi connectivity index (χ0n) is 14.3. The lowest BCUT2D eigenvalue weighted by atomic mass is 10.1. The van der Waals surface area contributed by atoms with Gasteiger partial charge in [-0.2, -0.15) is 0 Å². The lowest BCUT2D eigenvalue weighted by molar-refractivity contribution is -0.125. The van der Waals surface area contributed by atoms with Gasteiger partial charge in [0, 0.05) is 17.4 Å². The van der Waals surface area contributed by atoms with E-state index in [1.54, 1.807) is 23.8 Å². The van der Waals surface area contributed by atoms with Crippen LogP contribution in [0.4, 0.5) is 0 Å². The Balaban J connectivity index is 1.93. The van der Waals surface area contributed by atoms with Gasteiger partial charge < -0.3 is 19.7 Å². The molecule has 0 spiro atoms. The summed E-state index contributed by atoms with van der Waals surface area (Å²) in [5.74, 6) is 1.31. The molecule has 130 valence electrons. The molecule has 0 radical (unpaired) electrons. The average Bonchev–Trinajstić information content (AvgIpc) is 3.14. The molecule has 0 aromatic heterocycles. The van der Waals surface area contributed by atoms with E-state index in [1.165, 1.54) is 7.11 Å². The summed E-state index contributed by atoms with van der Waals surface area (Å²) in [6.07, 6.45) is 0.855.